The fraction of sp³-hybridized carbons (Fsp3) is 0.328. The Balaban J connectivity index is 1.18. The second kappa shape index (κ2) is 29.2. The van der Waals surface area contributed by atoms with Crippen molar-refractivity contribution < 1.29 is 81.6 Å². The number of nitrogens with zero attached hydrogens (tertiary/aromatic N) is 1. The van der Waals surface area contributed by atoms with Gasteiger partial charge in [0, 0.05) is 19.7 Å². The van der Waals surface area contributed by atoms with Gasteiger partial charge in [-0.25, -0.2) is 24.0 Å². The van der Waals surface area contributed by atoms with Gasteiger partial charge in [0.15, 0.2) is 37.0 Å². The highest BCUT2D eigenvalue weighted by atomic mass is 16.8. The summed E-state index contributed by atoms with van der Waals surface area (Å²) in [5.41, 5.74) is 1.94. The van der Waals surface area contributed by atoms with Crippen LogP contribution in [0.3, 0.4) is 0 Å². The lowest BCUT2D eigenvalue weighted by Crippen LogP contribution is -2.67. The van der Waals surface area contributed by atoms with Crippen molar-refractivity contribution in [1.29, 1.82) is 0 Å². The van der Waals surface area contributed by atoms with Crippen LogP contribution in [0, 0.1) is 0 Å². The first-order valence-corrected chi connectivity index (χ1v) is 26.1. The average Bonchev–Trinajstić information content (AvgIpc) is 3.53. The molecule has 6 aromatic carbocycles. The number of carbonyl (C=O) groups excluding carboxylic acids is 5. The predicted molar refractivity (Wildman–Crippen MR) is 283 cm³/mol. The van der Waals surface area contributed by atoms with Gasteiger partial charge in [-0.15, -0.1) is 0 Å². The third kappa shape index (κ3) is 15.9. The van der Waals surface area contributed by atoms with Gasteiger partial charge in [0.2, 0.25) is 0 Å². The van der Waals surface area contributed by atoms with Gasteiger partial charge in [-0.2, -0.15) is 0 Å². The molecule has 2 fully saturated rings. The standard InChI is InChI=1S/C61H63NO17/c1-2-3-35-70-40-48-50(79-60-53(77-57(67)45-30-18-8-19-31-45)51(49(64)47(38-63)73-60)75-55(65)43-26-14-6-15-27-43)52(76-56(66)44-28-16-7-17-29-44)54(78-58(68)46-32-20-9-21-33-46)59(74-48)71-36-34-62(37-41-22-10-4-11-23-41)61(69)72-39-42-24-12-5-13-25-42/h4-33,47-54,59-60,63-64H,2-3,34-40H2,1H3/t47?,48?,49-,50-,51?,52?,53+,54+,59-,60+/m1/s1. The lowest BCUT2D eigenvalue weighted by molar-refractivity contribution is -0.357. The molecule has 0 aliphatic carbocycles. The van der Waals surface area contributed by atoms with E-state index < -0.39 is 98.0 Å². The number of esters is 4. The summed E-state index contributed by atoms with van der Waals surface area (Å²) in [5, 5.41) is 22.5. The molecule has 0 bridgehead atoms. The van der Waals surface area contributed by atoms with Crippen LogP contribution < -0.4 is 0 Å². The molecular weight excluding hydrogens is 1020 g/mol. The summed E-state index contributed by atoms with van der Waals surface area (Å²) in [6, 6.07) is 50.2. The highest BCUT2D eigenvalue weighted by Crippen LogP contribution is 2.36. The lowest BCUT2D eigenvalue weighted by Gasteiger charge is -2.48. The van der Waals surface area contributed by atoms with Gasteiger partial charge in [-0.05, 0) is 66.1 Å². The predicted octanol–water partition coefficient (Wildman–Crippen LogP) is 7.75. The van der Waals surface area contributed by atoms with E-state index in [9.17, 15) is 34.2 Å². The van der Waals surface area contributed by atoms with E-state index in [1.165, 1.54) is 53.4 Å². The van der Waals surface area contributed by atoms with Crippen molar-refractivity contribution in [3.63, 3.8) is 0 Å². The molecule has 0 saturated carbocycles. The molecule has 0 aromatic heterocycles. The molecule has 2 heterocycles. The van der Waals surface area contributed by atoms with Crippen LogP contribution in [0.15, 0.2) is 182 Å². The minimum atomic E-state index is -1.86. The number of unbranched alkanes of at least 4 members (excludes halogenated alkanes) is 1. The summed E-state index contributed by atoms with van der Waals surface area (Å²) in [6.45, 7) is 0.896. The van der Waals surface area contributed by atoms with Gasteiger partial charge in [-0.1, -0.05) is 147 Å². The van der Waals surface area contributed by atoms with Crippen molar-refractivity contribution in [2.75, 3.05) is 33.0 Å². The van der Waals surface area contributed by atoms with Crippen molar-refractivity contribution in [3.8, 4) is 0 Å². The van der Waals surface area contributed by atoms with Gasteiger partial charge in [0.1, 0.15) is 31.0 Å². The zero-order valence-electron chi connectivity index (χ0n) is 43.4. The van der Waals surface area contributed by atoms with Crippen LogP contribution in [0.25, 0.3) is 0 Å². The number of hydrogen-bond donors (Lipinski definition) is 2. The Labute approximate surface area is 457 Å². The van der Waals surface area contributed by atoms with Crippen molar-refractivity contribution in [2.45, 2.75) is 94.3 Å². The Morgan fingerprint density at radius 3 is 1.42 bits per heavy atom. The third-order valence-electron chi connectivity index (χ3n) is 12.9. The maximum absolute atomic E-state index is 14.5. The number of hydrogen-bond acceptors (Lipinski definition) is 17. The fourth-order valence-corrected chi connectivity index (χ4v) is 8.77. The highest BCUT2D eigenvalue weighted by Gasteiger charge is 2.57. The quantitative estimate of drug-likeness (QED) is 0.0336. The number of benzene rings is 6. The van der Waals surface area contributed by atoms with Gasteiger partial charge < -0.3 is 62.5 Å². The van der Waals surface area contributed by atoms with Crippen molar-refractivity contribution >= 4 is 30.0 Å². The number of ether oxygens (including phenoxy) is 10. The summed E-state index contributed by atoms with van der Waals surface area (Å²) in [7, 11) is 0. The summed E-state index contributed by atoms with van der Waals surface area (Å²) in [4.78, 5) is 72.0. The molecule has 79 heavy (non-hydrogen) atoms. The molecule has 414 valence electrons. The molecule has 2 N–H and O–H groups in total. The number of aliphatic hydroxyl groups is 2. The number of aliphatic hydroxyl groups excluding tert-OH is 2. The third-order valence-corrected chi connectivity index (χ3v) is 12.9. The van der Waals surface area contributed by atoms with E-state index in [4.69, 9.17) is 47.4 Å². The SMILES string of the molecule is CCCCOCC1O[C@@H](OCCN(Cc2ccccc2)C(=O)OCc2ccccc2)[C@@H](OC(=O)c2ccccc2)C(OC(=O)c2ccccc2)[C@@H]1O[C@@H]1OC(CO)[C@@H](O)C(OC(=O)c2ccccc2)[C@@H]1OC(=O)c1ccccc1. The highest BCUT2D eigenvalue weighted by molar-refractivity contribution is 5.91. The largest absolute Gasteiger partial charge is 0.452 e. The van der Waals surface area contributed by atoms with Crippen molar-refractivity contribution in [1.82, 2.24) is 4.90 Å². The summed E-state index contributed by atoms with van der Waals surface area (Å²) >= 11 is 0. The van der Waals surface area contributed by atoms with Crippen LogP contribution in [-0.4, -0.2) is 139 Å². The first-order valence-electron chi connectivity index (χ1n) is 26.1. The Bertz CT molecular complexity index is 2830. The van der Waals surface area contributed by atoms with Crippen LogP contribution in [0.1, 0.15) is 72.3 Å². The molecule has 18 nitrogen and oxygen atoms in total. The van der Waals surface area contributed by atoms with Gasteiger partial charge in [0.05, 0.1) is 42.1 Å². The minimum Gasteiger partial charge on any atom is -0.452 e. The summed E-state index contributed by atoms with van der Waals surface area (Å²) < 4.78 is 63.1. The molecular formula is C61H63NO17. The van der Waals surface area contributed by atoms with E-state index in [0.717, 1.165) is 17.5 Å². The number of amides is 1. The molecule has 2 aliphatic rings. The van der Waals surface area contributed by atoms with Crippen molar-refractivity contribution in [2.24, 2.45) is 0 Å². The van der Waals surface area contributed by atoms with E-state index in [1.807, 2.05) is 67.6 Å². The van der Waals surface area contributed by atoms with Gasteiger partial charge >= 0.3 is 30.0 Å². The molecule has 4 unspecified atom stereocenters. The molecule has 6 aromatic rings. The average molecular weight is 1080 g/mol. The molecule has 18 heteroatoms. The molecule has 10 atom stereocenters. The molecule has 8 rings (SSSR count). The zero-order chi connectivity index (χ0) is 55.3. The van der Waals surface area contributed by atoms with E-state index in [1.54, 1.807) is 72.8 Å². The first kappa shape index (κ1) is 57.4. The van der Waals surface area contributed by atoms with Crippen LogP contribution in [0.4, 0.5) is 4.79 Å². The van der Waals surface area contributed by atoms with E-state index in [2.05, 4.69) is 0 Å². The van der Waals surface area contributed by atoms with Crippen LogP contribution >= 0.6 is 0 Å². The Kier molecular flexibility index (Phi) is 21.2. The topological polar surface area (TPSA) is 221 Å². The lowest BCUT2D eigenvalue weighted by atomic mass is 9.96. The van der Waals surface area contributed by atoms with Crippen LogP contribution in [-0.2, 0) is 60.5 Å². The monoisotopic (exact) mass is 1080 g/mol. The van der Waals surface area contributed by atoms with E-state index >= 15 is 0 Å². The fourth-order valence-electron chi connectivity index (χ4n) is 8.77. The zero-order valence-corrected chi connectivity index (χ0v) is 43.4. The Morgan fingerprint density at radius 2 is 0.937 bits per heavy atom. The van der Waals surface area contributed by atoms with Gasteiger partial charge in [0.25, 0.3) is 0 Å². The molecule has 1 amide bonds. The molecule has 2 aliphatic heterocycles. The maximum atomic E-state index is 14.5. The number of carbonyl (C=O) groups is 5. The van der Waals surface area contributed by atoms with Gasteiger partial charge in [-0.3, -0.25) is 0 Å². The molecule has 2 saturated heterocycles. The summed E-state index contributed by atoms with van der Waals surface area (Å²) in [6.07, 6.45) is -15.9. The first-order chi connectivity index (χ1) is 38.6. The van der Waals surface area contributed by atoms with E-state index in [0.29, 0.717) is 6.42 Å². The smallest absolute Gasteiger partial charge is 0.410 e. The second-order valence-corrected chi connectivity index (χ2v) is 18.6. The minimum absolute atomic E-state index is 0.00410. The molecule has 0 radical (unpaired) electrons. The molecule has 0 spiro atoms. The van der Waals surface area contributed by atoms with Crippen molar-refractivity contribution in [3.05, 3.63) is 215 Å². The Hall–Kier alpha value is -7.81. The van der Waals surface area contributed by atoms with Crippen LogP contribution in [0.2, 0.25) is 0 Å². The maximum Gasteiger partial charge on any atom is 0.410 e. The number of rotatable bonds is 24. The second-order valence-electron chi connectivity index (χ2n) is 18.6. The van der Waals surface area contributed by atoms with E-state index in [-0.39, 0.29) is 61.8 Å². The summed E-state index contributed by atoms with van der Waals surface area (Å²) in [5.74, 6) is -3.62. The normalized spacial score (nSPS) is 22.6. The Morgan fingerprint density at radius 1 is 0.506 bits per heavy atom. The van der Waals surface area contributed by atoms with Crippen LogP contribution in [0.5, 0.6) is 0 Å².